The number of aromatic nitrogens is 2. The van der Waals surface area contributed by atoms with Gasteiger partial charge in [0, 0.05) is 12.8 Å². The van der Waals surface area contributed by atoms with Gasteiger partial charge in [-0.15, -0.1) is 0 Å². The standard InChI is InChI=1S/C11H19N3O2S/c1-8-9(2)14-10(6-12-8)13-7-11(3,4)17(5,15)16/h6H,7H2,1-5H3,(H,13,14). The number of hydrogen-bond donors (Lipinski definition) is 1. The maximum atomic E-state index is 11.5. The Bertz CT molecular complexity index is 509. The highest BCUT2D eigenvalue weighted by atomic mass is 32.2. The van der Waals surface area contributed by atoms with Crippen LogP contribution in [-0.2, 0) is 9.84 Å². The molecule has 0 amide bonds. The van der Waals surface area contributed by atoms with E-state index in [0.29, 0.717) is 12.4 Å². The Labute approximate surface area is 103 Å². The normalized spacial score (nSPS) is 12.5. The molecule has 5 nitrogen and oxygen atoms in total. The molecular formula is C11H19N3O2S. The number of sulfone groups is 1. The van der Waals surface area contributed by atoms with Crippen molar-refractivity contribution in [2.75, 3.05) is 18.1 Å². The van der Waals surface area contributed by atoms with Crippen LogP contribution in [0.2, 0.25) is 0 Å². The molecule has 0 spiro atoms. The number of nitrogens with zero attached hydrogens (tertiary/aromatic N) is 2. The molecule has 0 saturated carbocycles. The molecule has 0 aromatic carbocycles. The minimum atomic E-state index is -3.10. The smallest absolute Gasteiger partial charge is 0.154 e. The lowest BCUT2D eigenvalue weighted by Crippen LogP contribution is -2.38. The second-order valence-electron chi connectivity index (χ2n) is 4.81. The van der Waals surface area contributed by atoms with Crippen molar-refractivity contribution in [1.82, 2.24) is 9.97 Å². The molecule has 6 heteroatoms. The lowest BCUT2D eigenvalue weighted by atomic mass is 10.2. The monoisotopic (exact) mass is 257 g/mol. The maximum Gasteiger partial charge on any atom is 0.154 e. The molecule has 1 aromatic heterocycles. The second kappa shape index (κ2) is 4.60. The molecule has 1 N–H and O–H groups in total. The molecule has 0 atom stereocenters. The molecule has 0 radical (unpaired) electrons. The molecule has 0 unspecified atom stereocenters. The van der Waals surface area contributed by atoms with Crippen LogP contribution in [0.15, 0.2) is 6.20 Å². The maximum absolute atomic E-state index is 11.5. The van der Waals surface area contributed by atoms with Gasteiger partial charge in [0.1, 0.15) is 5.82 Å². The van der Waals surface area contributed by atoms with E-state index < -0.39 is 14.6 Å². The Kier molecular flexibility index (Phi) is 3.76. The average Bonchev–Trinajstić information content (AvgIpc) is 2.18. The fourth-order valence-corrected chi connectivity index (χ4v) is 1.40. The zero-order chi connectivity index (χ0) is 13.3. The number of anilines is 1. The zero-order valence-corrected chi connectivity index (χ0v) is 11.7. The van der Waals surface area contributed by atoms with E-state index in [1.807, 2.05) is 13.8 Å². The number of rotatable bonds is 4. The molecule has 0 aliphatic rings. The van der Waals surface area contributed by atoms with Crippen LogP contribution in [-0.4, -0.2) is 35.9 Å². The first kappa shape index (κ1) is 13.9. The third kappa shape index (κ3) is 3.39. The van der Waals surface area contributed by atoms with Crippen molar-refractivity contribution in [3.8, 4) is 0 Å². The molecule has 0 aliphatic carbocycles. The van der Waals surface area contributed by atoms with Gasteiger partial charge in [0.2, 0.25) is 0 Å². The van der Waals surface area contributed by atoms with Crippen LogP contribution in [0.1, 0.15) is 25.2 Å². The van der Waals surface area contributed by atoms with Crippen LogP contribution in [0.4, 0.5) is 5.82 Å². The van der Waals surface area contributed by atoms with Crippen molar-refractivity contribution in [2.45, 2.75) is 32.4 Å². The largest absolute Gasteiger partial charge is 0.367 e. The highest BCUT2D eigenvalue weighted by Crippen LogP contribution is 2.16. The minimum Gasteiger partial charge on any atom is -0.367 e. The van der Waals surface area contributed by atoms with Crippen molar-refractivity contribution < 1.29 is 8.42 Å². The van der Waals surface area contributed by atoms with Crippen LogP contribution in [0.3, 0.4) is 0 Å². The van der Waals surface area contributed by atoms with E-state index in [1.54, 1.807) is 20.0 Å². The summed E-state index contributed by atoms with van der Waals surface area (Å²) < 4.78 is 22.2. The van der Waals surface area contributed by atoms with Gasteiger partial charge < -0.3 is 5.32 Å². The summed E-state index contributed by atoms with van der Waals surface area (Å²) in [6, 6.07) is 0. The molecule has 1 aromatic rings. The highest BCUT2D eigenvalue weighted by Gasteiger charge is 2.29. The number of aryl methyl sites for hydroxylation is 2. The molecule has 17 heavy (non-hydrogen) atoms. The van der Waals surface area contributed by atoms with Crippen LogP contribution in [0.25, 0.3) is 0 Å². The third-order valence-corrected chi connectivity index (χ3v) is 5.04. The first-order chi connectivity index (χ1) is 7.63. The molecule has 0 fully saturated rings. The predicted octanol–water partition coefficient (Wildman–Crippen LogP) is 1.33. The second-order valence-corrected chi connectivity index (χ2v) is 7.46. The van der Waals surface area contributed by atoms with Crippen molar-refractivity contribution >= 4 is 15.7 Å². The number of nitrogens with one attached hydrogen (secondary N) is 1. The van der Waals surface area contributed by atoms with E-state index in [-0.39, 0.29) is 0 Å². The average molecular weight is 257 g/mol. The van der Waals surface area contributed by atoms with Gasteiger partial charge in [0.15, 0.2) is 9.84 Å². The van der Waals surface area contributed by atoms with E-state index in [1.165, 1.54) is 6.26 Å². The summed E-state index contributed by atoms with van der Waals surface area (Å²) >= 11 is 0. The summed E-state index contributed by atoms with van der Waals surface area (Å²) in [4.78, 5) is 8.46. The van der Waals surface area contributed by atoms with E-state index in [4.69, 9.17) is 0 Å². The van der Waals surface area contributed by atoms with Crippen LogP contribution in [0.5, 0.6) is 0 Å². The summed E-state index contributed by atoms with van der Waals surface area (Å²) in [7, 11) is -3.10. The highest BCUT2D eigenvalue weighted by molar-refractivity contribution is 7.92. The zero-order valence-electron chi connectivity index (χ0n) is 10.9. The SMILES string of the molecule is Cc1ncc(NCC(C)(C)S(C)(=O)=O)nc1C. The Morgan fingerprint density at radius 2 is 1.88 bits per heavy atom. The Morgan fingerprint density at radius 1 is 1.29 bits per heavy atom. The molecular weight excluding hydrogens is 238 g/mol. The van der Waals surface area contributed by atoms with Crippen LogP contribution in [0, 0.1) is 13.8 Å². The van der Waals surface area contributed by atoms with Crippen molar-refractivity contribution in [3.63, 3.8) is 0 Å². The first-order valence-corrected chi connectivity index (χ1v) is 7.26. The van der Waals surface area contributed by atoms with Crippen molar-refractivity contribution in [1.29, 1.82) is 0 Å². The van der Waals surface area contributed by atoms with E-state index in [9.17, 15) is 8.42 Å². The molecule has 1 heterocycles. The molecule has 96 valence electrons. The summed E-state index contributed by atoms with van der Waals surface area (Å²) in [5.74, 6) is 0.602. The Balaban J connectivity index is 2.78. The van der Waals surface area contributed by atoms with Gasteiger partial charge in [0.05, 0.1) is 22.3 Å². The molecule has 0 bridgehead atoms. The fourth-order valence-electron chi connectivity index (χ4n) is 1.06. The number of hydrogen-bond acceptors (Lipinski definition) is 5. The summed E-state index contributed by atoms with van der Waals surface area (Å²) in [5, 5.41) is 3.01. The van der Waals surface area contributed by atoms with E-state index >= 15 is 0 Å². The van der Waals surface area contributed by atoms with Gasteiger partial charge in [0.25, 0.3) is 0 Å². The van der Waals surface area contributed by atoms with Gasteiger partial charge in [-0.05, 0) is 27.7 Å². The fraction of sp³-hybridized carbons (Fsp3) is 0.636. The molecule has 0 saturated heterocycles. The third-order valence-electron chi connectivity index (χ3n) is 2.89. The van der Waals surface area contributed by atoms with Gasteiger partial charge in [-0.1, -0.05) is 0 Å². The van der Waals surface area contributed by atoms with E-state index in [2.05, 4.69) is 15.3 Å². The lowest BCUT2D eigenvalue weighted by Gasteiger charge is -2.23. The Hall–Kier alpha value is -1.17. The van der Waals surface area contributed by atoms with Gasteiger partial charge in [-0.2, -0.15) is 0 Å². The van der Waals surface area contributed by atoms with Gasteiger partial charge >= 0.3 is 0 Å². The topological polar surface area (TPSA) is 72.0 Å². The molecule has 0 aliphatic heterocycles. The first-order valence-electron chi connectivity index (χ1n) is 5.37. The molecule has 1 rings (SSSR count). The summed E-state index contributed by atoms with van der Waals surface area (Å²) in [6.45, 7) is 7.43. The van der Waals surface area contributed by atoms with Gasteiger partial charge in [-0.25, -0.2) is 13.4 Å². The van der Waals surface area contributed by atoms with E-state index in [0.717, 1.165) is 11.4 Å². The van der Waals surface area contributed by atoms with Crippen LogP contribution >= 0.6 is 0 Å². The summed E-state index contributed by atoms with van der Waals surface area (Å²) in [5.41, 5.74) is 1.71. The van der Waals surface area contributed by atoms with Crippen molar-refractivity contribution in [3.05, 3.63) is 17.6 Å². The van der Waals surface area contributed by atoms with Gasteiger partial charge in [-0.3, -0.25) is 4.98 Å². The lowest BCUT2D eigenvalue weighted by molar-refractivity contribution is 0.559. The Morgan fingerprint density at radius 3 is 2.35 bits per heavy atom. The van der Waals surface area contributed by atoms with Crippen LogP contribution < -0.4 is 5.32 Å². The van der Waals surface area contributed by atoms with Crippen molar-refractivity contribution in [2.24, 2.45) is 0 Å². The minimum absolute atomic E-state index is 0.309. The predicted molar refractivity (Wildman–Crippen MR) is 68.9 cm³/mol. The quantitative estimate of drug-likeness (QED) is 0.881. The summed E-state index contributed by atoms with van der Waals surface area (Å²) in [6.07, 6.45) is 2.85.